The quantitative estimate of drug-likeness (QED) is 0.682. The molecule has 2 N–H and O–H groups in total. The van der Waals surface area contributed by atoms with Crippen molar-refractivity contribution in [2.24, 2.45) is 0 Å². The number of carbonyl (C=O) groups is 1. The van der Waals surface area contributed by atoms with Crippen molar-refractivity contribution >= 4 is 43.5 Å². The lowest BCUT2D eigenvalue weighted by Crippen LogP contribution is -2.08. The van der Waals surface area contributed by atoms with Crippen LogP contribution in [0.25, 0.3) is 0 Å². The number of benzene rings is 1. The number of hydrogen-bond donors (Lipinski definition) is 1. The van der Waals surface area contributed by atoms with Crippen molar-refractivity contribution in [2.45, 2.75) is 13.3 Å². The van der Waals surface area contributed by atoms with E-state index < -0.39 is 0 Å². The van der Waals surface area contributed by atoms with Gasteiger partial charge in [-0.25, -0.2) is 0 Å². The summed E-state index contributed by atoms with van der Waals surface area (Å²) in [5.41, 5.74) is 7.16. The molecular weight excluding hydrogens is 326 g/mol. The molecule has 0 amide bonds. The van der Waals surface area contributed by atoms with Gasteiger partial charge in [0, 0.05) is 14.6 Å². The second-order valence-corrected chi connectivity index (χ2v) is 4.66. The van der Waals surface area contributed by atoms with E-state index in [-0.39, 0.29) is 12.4 Å². The van der Waals surface area contributed by atoms with Gasteiger partial charge in [-0.2, -0.15) is 0 Å². The van der Waals surface area contributed by atoms with Crippen LogP contribution in [0.15, 0.2) is 21.1 Å². The van der Waals surface area contributed by atoms with Crippen LogP contribution in [0.3, 0.4) is 0 Å². The predicted molar refractivity (Wildman–Crippen MR) is 66.6 cm³/mol. The standard InChI is InChI=1S/C10H11Br2NO2/c1-2-15-10(14)4-6-3-9(13)8(12)5-7(6)11/h3,5H,2,4,13H2,1H3. The van der Waals surface area contributed by atoms with Crippen LogP contribution >= 0.6 is 31.9 Å². The van der Waals surface area contributed by atoms with E-state index >= 15 is 0 Å². The molecule has 0 unspecified atom stereocenters. The first-order valence-electron chi connectivity index (χ1n) is 4.43. The Labute approximate surface area is 105 Å². The summed E-state index contributed by atoms with van der Waals surface area (Å²) in [5.74, 6) is -0.250. The normalized spacial score (nSPS) is 10.1. The molecule has 1 aromatic carbocycles. The van der Waals surface area contributed by atoms with Crippen molar-refractivity contribution in [2.75, 3.05) is 12.3 Å². The third kappa shape index (κ3) is 3.50. The van der Waals surface area contributed by atoms with Gasteiger partial charge in [-0.15, -0.1) is 0 Å². The van der Waals surface area contributed by atoms with Gasteiger partial charge < -0.3 is 10.5 Å². The topological polar surface area (TPSA) is 52.3 Å². The lowest BCUT2D eigenvalue weighted by molar-refractivity contribution is -0.142. The van der Waals surface area contributed by atoms with Gasteiger partial charge in [0.1, 0.15) is 0 Å². The van der Waals surface area contributed by atoms with Crippen molar-refractivity contribution < 1.29 is 9.53 Å². The Hall–Kier alpha value is -0.550. The Balaban J connectivity index is 2.86. The maximum atomic E-state index is 11.3. The Bertz CT molecular complexity index is 380. The van der Waals surface area contributed by atoms with Crippen molar-refractivity contribution in [1.29, 1.82) is 0 Å². The lowest BCUT2D eigenvalue weighted by Gasteiger charge is -2.07. The summed E-state index contributed by atoms with van der Waals surface area (Å²) in [7, 11) is 0. The summed E-state index contributed by atoms with van der Waals surface area (Å²) < 4.78 is 6.51. The Kier molecular flexibility index (Phi) is 4.60. The molecule has 3 nitrogen and oxygen atoms in total. The molecule has 0 radical (unpaired) electrons. The first-order valence-corrected chi connectivity index (χ1v) is 6.02. The zero-order valence-corrected chi connectivity index (χ0v) is 11.4. The zero-order valence-electron chi connectivity index (χ0n) is 8.22. The van der Waals surface area contributed by atoms with Gasteiger partial charge in [-0.3, -0.25) is 4.79 Å². The molecular formula is C10H11Br2NO2. The molecule has 0 atom stereocenters. The summed E-state index contributed by atoms with van der Waals surface area (Å²) >= 11 is 6.67. The Morgan fingerprint density at radius 2 is 2.07 bits per heavy atom. The fraction of sp³-hybridized carbons (Fsp3) is 0.300. The number of rotatable bonds is 3. The van der Waals surface area contributed by atoms with E-state index in [1.54, 1.807) is 13.0 Å². The Morgan fingerprint density at radius 1 is 1.40 bits per heavy atom. The molecule has 82 valence electrons. The first-order chi connectivity index (χ1) is 7.04. The fourth-order valence-corrected chi connectivity index (χ4v) is 2.25. The number of hydrogen-bond acceptors (Lipinski definition) is 3. The minimum absolute atomic E-state index is 0.228. The van der Waals surface area contributed by atoms with E-state index in [1.165, 1.54) is 0 Å². The number of ether oxygens (including phenoxy) is 1. The van der Waals surface area contributed by atoms with E-state index in [0.29, 0.717) is 12.3 Å². The van der Waals surface area contributed by atoms with Crippen LogP contribution in [-0.4, -0.2) is 12.6 Å². The first kappa shape index (κ1) is 12.5. The molecule has 0 heterocycles. The summed E-state index contributed by atoms with van der Waals surface area (Å²) in [6, 6.07) is 3.58. The summed E-state index contributed by atoms with van der Waals surface area (Å²) in [5, 5.41) is 0. The maximum absolute atomic E-state index is 11.3. The van der Waals surface area contributed by atoms with Crippen LogP contribution in [0, 0.1) is 0 Å². The minimum atomic E-state index is -0.250. The van der Waals surface area contributed by atoms with Gasteiger partial charge >= 0.3 is 5.97 Å². The van der Waals surface area contributed by atoms with Gasteiger partial charge in [-0.05, 0) is 40.5 Å². The summed E-state index contributed by atoms with van der Waals surface area (Å²) in [4.78, 5) is 11.3. The van der Waals surface area contributed by atoms with Gasteiger partial charge in [0.15, 0.2) is 0 Å². The van der Waals surface area contributed by atoms with Crippen LogP contribution in [0.1, 0.15) is 12.5 Å². The third-order valence-corrected chi connectivity index (χ3v) is 3.23. The minimum Gasteiger partial charge on any atom is -0.466 e. The molecule has 5 heteroatoms. The molecule has 0 fully saturated rings. The monoisotopic (exact) mass is 335 g/mol. The molecule has 0 aliphatic rings. The predicted octanol–water partition coefficient (Wildman–Crippen LogP) is 2.90. The number of anilines is 1. The van der Waals surface area contributed by atoms with Gasteiger partial charge in [-0.1, -0.05) is 15.9 Å². The zero-order chi connectivity index (χ0) is 11.4. The van der Waals surface area contributed by atoms with E-state index in [9.17, 15) is 4.79 Å². The largest absolute Gasteiger partial charge is 0.466 e. The molecule has 1 aromatic rings. The van der Waals surface area contributed by atoms with Crippen LogP contribution in [0.2, 0.25) is 0 Å². The third-order valence-electron chi connectivity index (χ3n) is 1.81. The molecule has 0 aliphatic carbocycles. The highest BCUT2D eigenvalue weighted by Crippen LogP contribution is 2.28. The number of nitrogen functional groups attached to an aromatic ring is 1. The average Bonchev–Trinajstić information content (AvgIpc) is 2.14. The second-order valence-electron chi connectivity index (χ2n) is 2.95. The van der Waals surface area contributed by atoms with Crippen LogP contribution < -0.4 is 5.73 Å². The molecule has 0 spiro atoms. The van der Waals surface area contributed by atoms with Crippen LogP contribution in [0.4, 0.5) is 5.69 Å². The lowest BCUT2D eigenvalue weighted by atomic mass is 10.1. The van der Waals surface area contributed by atoms with Crippen LogP contribution in [0.5, 0.6) is 0 Å². The smallest absolute Gasteiger partial charge is 0.310 e. The Morgan fingerprint density at radius 3 is 2.67 bits per heavy atom. The molecule has 0 aromatic heterocycles. The second kappa shape index (κ2) is 5.51. The average molecular weight is 337 g/mol. The van der Waals surface area contributed by atoms with Gasteiger partial charge in [0.2, 0.25) is 0 Å². The molecule has 15 heavy (non-hydrogen) atoms. The highest BCUT2D eigenvalue weighted by Gasteiger charge is 2.09. The fourth-order valence-electron chi connectivity index (χ4n) is 1.12. The molecule has 0 bridgehead atoms. The molecule has 0 saturated heterocycles. The number of esters is 1. The molecule has 0 saturated carbocycles. The highest BCUT2D eigenvalue weighted by molar-refractivity contribution is 9.11. The number of carbonyl (C=O) groups excluding carboxylic acids is 1. The van der Waals surface area contributed by atoms with Gasteiger partial charge in [0.25, 0.3) is 0 Å². The summed E-state index contributed by atoms with van der Waals surface area (Å²) in [6.45, 7) is 2.17. The molecule has 0 aliphatic heterocycles. The SMILES string of the molecule is CCOC(=O)Cc1cc(N)c(Br)cc1Br. The van der Waals surface area contributed by atoms with Crippen LogP contribution in [-0.2, 0) is 16.0 Å². The van der Waals surface area contributed by atoms with Crippen molar-refractivity contribution in [3.8, 4) is 0 Å². The van der Waals surface area contributed by atoms with E-state index in [2.05, 4.69) is 31.9 Å². The molecule has 1 rings (SSSR count). The van der Waals surface area contributed by atoms with Crippen molar-refractivity contribution in [1.82, 2.24) is 0 Å². The van der Waals surface area contributed by atoms with E-state index in [1.807, 2.05) is 6.07 Å². The van der Waals surface area contributed by atoms with E-state index in [0.717, 1.165) is 14.5 Å². The maximum Gasteiger partial charge on any atom is 0.310 e. The number of nitrogens with two attached hydrogens (primary N) is 1. The van der Waals surface area contributed by atoms with Crippen molar-refractivity contribution in [3.63, 3.8) is 0 Å². The highest BCUT2D eigenvalue weighted by atomic mass is 79.9. The van der Waals surface area contributed by atoms with Gasteiger partial charge in [0.05, 0.1) is 13.0 Å². The van der Waals surface area contributed by atoms with E-state index in [4.69, 9.17) is 10.5 Å². The number of halogens is 2. The van der Waals surface area contributed by atoms with Crippen molar-refractivity contribution in [3.05, 3.63) is 26.6 Å². The summed E-state index contributed by atoms with van der Waals surface area (Å²) in [6.07, 6.45) is 0.228.